The molecule has 1 atom stereocenters. The fourth-order valence-corrected chi connectivity index (χ4v) is 2.74. The lowest BCUT2D eigenvalue weighted by molar-refractivity contribution is 0.190. The second kappa shape index (κ2) is 7.07. The highest BCUT2D eigenvalue weighted by Gasteiger charge is 2.17. The minimum atomic E-state index is -0.0832. The van der Waals surface area contributed by atoms with Crippen LogP contribution in [0.25, 0.3) is 11.0 Å². The second-order valence-corrected chi connectivity index (χ2v) is 5.38. The number of imidazole rings is 1. The van der Waals surface area contributed by atoms with Gasteiger partial charge in [-0.1, -0.05) is 24.6 Å². The van der Waals surface area contributed by atoms with Gasteiger partial charge < -0.3 is 15.0 Å². The molecule has 2 N–H and O–H groups in total. The Morgan fingerprint density at radius 3 is 2.95 bits per heavy atom. The molecule has 20 heavy (non-hydrogen) atoms. The quantitative estimate of drug-likeness (QED) is 0.795. The summed E-state index contributed by atoms with van der Waals surface area (Å²) in [5, 5.41) is 0.735. The van der Waals surface area contributed by atoms with Crippen LogP contribution >= 0.6 is 11.6 Å². The molecule has 0 radical (unpaired) electrons. The van der Waals surface area contributed by atoms with Gasteiger partial charge in [0.2, 0.25) is 0 Å². The monoisotopic (exact) mass is 295 g/mol. The van der Waals surface area contributed by atoms with Crippen molar-refractivity contribution >= 4 is 22.6 Å². The lowest BCUT2D eigenvalue weighted by atomic mass is 10.1. The van der Waals surface area contributed by atoms with E-state index in [9.17, 15) is 0 Å². The van der Waals surface area contributed by atoms with Gasteiger partial charge in [0.15, 0.2) is 0 Å². The van der Waals surface area contributed by atoms with Gasteiger partial charge in [-0.3, -0.25) is 0 Å². The molecule has 0 amide bonds. The molecular weight excluding hydrogens is 274 g/mol. The van der Waals surface area contributed by atoms with E-state index >= 15 is 0 Å². The average molecular weight is 296 g/mol. The molecule has 1 aromatic heterocycles. The first-order chi connectivity index (χ1) is 9.69. The molecular formula is C15H22ClN3O. The van der Waals surface area contributed by atoms with Crippen molar-refractivity contribution in [3.63, 3.8) is 0 Å². The largest absolute Gasteiger partial charge is 0.385 e. The molecule has 110 valence electrons. The molecule has 0 aliphatic rings. The van der Waals surface area contributed by atoms with Gasteiger partial charge in [-0.25, -0.2) is 4.98 Å². The van der Waals surface area contributed by atoms with Crippen LogP contribution in [-0.2, 0) is 11.3 Å². The Hall–Kier alpha value is -1.10. The van der Waals surface area contributed by atoms with Crippen molar-refractivity contribution in [3.8, 4) is 0 Å². The fraction of sp³-hybridized carbons (Fsp3) is 0.533. The van der Waals surface area contributed by atoms with Crippen LogP contribution < -0.4 is 5.73 Å². The molecule has 1 unspecified atom stereocenters. The summed E-state index contributed by atoms with van der Waals surface area (Å²) in [4.78, 5) is 4.68. The van der Waals surface area contributed by atoms with E-state index in [-0.39, 0.29) is 6.04 Å². The van der Waals surface area contributed by atoms with Crippen LogP contribution in [0.3, 0.4) is 0 Å². The summed E-state index contributed by atoms with van der Waals surface area (Å²) in [7, 11) is 1.71. The Morgan fingerprint density at radius 2 is 2.25 bits per heavy atom. The Balaban J connectivity index is 2.36. The minimum Gasteiger partial charge on any atom is -0.385 e. The molecule has 0 spiro atoms. The summed E-state index contributed by atoms with van der Waals surface area (Å²) in [5.74, 6) is 0.922. The number of halogens is 1. The van der Waals surface area contributed by atoms with Crippen molar-refractivity contribution in [2.75, 3.05) is 13.7 Å². The van der Waals surface area contributed by atoms with Crippen LogP contribution in [0, 0.1) is 0 Å². The first-order valence-electron chi connectivity index (χ1n) is 7.08. The summed E-state index contributed by atoms with van der Waals surface area (Å²) in [6, 6.07) is 5.73. The first-order valence-corrected chi connectivity index (χ1v) is 7.46. The highest BCUT2D eigenvalue weighted by molar-refractivity contribution is 6.35. The number of para-hydroxylation sites is 1. The van der Waals surface area contributed by atoms with E-state index in [0.717, 1.165) is 54.3 Å². The zero-order valence-corrected chi connectivity index (χ0v) is 12.9. The SMILES string of the molecule is CCCn1c(C(N)CCCOC)nc2cccc(Cl)c21. The van der Waals surface area contributed by atoms with Gasteiger partial charge in [-0.2, -0.15) is 0 Å². The van der Waals surface area contributed by atoms with Crippen molar-refractivity contribution in [2.45, 2.75) is 38.8 Å². The van der Waals surface area contributed by atoms with E-state index < -0.39 is 0 Å². The third-order valence-corrected chi connectivity index (χ3v) is 3.69. The van der Waals surface area contributed by atoms with Gasteiger partial charge in [-0.05, 0) is 31.4 Å². The van der Waals surface area contributed by atoms with Crippen LogP contribution in [0.15, 0.2) is 18.2 Å². The molecule has 0 saturated heterocycles. The molecule has 1 aromatic carbocycles. The summed E-state index contributed by atoms with van der Waals surface area (Å²) in [5.41, 5.74) is 8.21. The first kappa shape index (κ1) is 15.3. The number of ether oxygens (including phenoxy) is 1. The highest BCUT2D eigenvalue weighted by atomic mass is 35.5. The van der Waals surface area contributed by atoms with Gasteiger partial charge in [0, 0.05) is 20.3 Å². The zero-order valence-electron chi connectivity index (χ0n) is 12.1. The van der Waals surface area contributed by atoms with E-state index in [1.54, 1.807) is 7.11 Å². The maximum atomic E-state index is 6.32. The molecule has 0 aliphatic carbocycles. The van der Waals surface area contributed by atoms with Gasteiger partial charge >= 0.3 is 0 Å². The van der Waals surface area contributed by atoms with Crippen molar-refractivity contribution in [2.24, 2.45) is 5.73 Å². The van der Waals surface area contributed by atoms with E-state index in [1.807, 2.05) is 18.2 Å². The van der Waals surface area contributed by atoms with Gasteiger partial charge in [0.1, 0.15) is 5.82 Å². The van der Waals surface area contributed by atoms with E-state index in [4.69, 9.17) is 22.1 Å². The maximum absolute atomic E-state index is 6.32. The number of fused-ring (bicyclic) bond motifs is 1. The number of hydrogen-bond donors (Lipinski definition) is 1. The third kappa shape index (κ3) is 3.14. The normalized spacial score (nSPS) is 13.0. The van der Waals surface area contributed by atoms with Crippen LogP contribution in [0.2, 0.25) is 5.02 Å². The molecule has 5 heteroatoms. The van der Waals surface area contributed by atoms with Crippen molar-refractivity contribution in [3.05, 3.63) is 29.0 Å². The predicted octanol–water partition coefficient (Wildman–Crippen LogP) is 3.53. The second-order valence-electron chi connectivity index (χ2n) is 4.97. The predicted molar refractivity (Wildman–Crippen MR) is 83.1 cm³/mol. The summed E-state index contributed by atoms with van der Waals surface area (Å²) >= 11 is 6.32. The number of rotatable bonds is 7. The molecule has 2 rings (SSSR count). The van der Waals surface area contributed by atoms with Gasteiger partial charge in [-0.15, -0.1) is 0 Å². The number of hydrogen-bond acceptors (Lipinski definition) is 3. The number of benzene rings is 1. The Bertz CT molecular complexity index is 567. The third-order valence-electron chi connectivity index (χ3n) is 3.39. The van der Waals surface area contributed by atoms with Crippen molar-refractivity contribution in [1.82, 2.24) is 9.55 Å². The highest BCUT2D eigenvalue weighted by Crippen LogP contribution is 2.28. The smallest absolute Gasteiger partial charge is 0.126 e. The summed E-state index contributed by atoms with van der Waals surface area (Å²) in [6.45, 7) is 3.75. The summed E-state index contributed by atoms with van der Waals surface area (Å²) < 4.78 is 7.24. The number of methoxy groups -OCH3 is 1. The fourth-order valence-electron chi connectivity index (χ4n) is 2.47. The Labute approximate surface area is 124 Å². The van der Waals surface area contributed by atoms with Gasteiger partial charge in [0.25, 0.3) is 0 Å². The molecule has 1 heterocycles. The lowest BCUT2D eigenvalue weighted by Crippen LogP contribution is -2.17. The van der Waals surface area contributed by atoms with E-state index in [0.29, 0.717) is 0 Å². The number of aromatic nitrogens is 2. The Kier molecular flexibility index (Phi) is 5.40. The molecule has 0 aliphatic heterocycles. The number of nitrogens with two attached hydrogens (primary N) is 1. The molecule has 0 fully saturated rings. The Morgan fingerprint density at radius 1 is 1.45 bits per heavy atom. The van der Waals surface area contributed by atoms with Crippen LogP contribution in [0.4, 0.5) is 0 Å². The van der Waals surface area contributed by atoms with Crippen LogP contribution in [-0.4, -0.2) is 23.3 Å². The van der Waals surface area contributed by atoms with Crippen molar-refractivity contribution < 1.29 is 4.74 Å². The lowest BCUT2D eigenvalue weighted by Gasteiger charge is -2.14. The molecule has 4 nitrogen and oxygen atoms in total. The average Bonchev–Trinajstić information content (AvgIpc) is 2.80. The summed E-state index contributed by atoms with van der Waals surface area (Å²) in [6.07, 6.45) is 2.81. The topological polar surface area (TPSA) is 53.1 Å². The minimum absolute atomic E-state index is 0.0832. The van der Waals surface area contributed by atoms with E-state index in [1.165, 1.54) is 0 Å². The standard InChI is InChI=1S/C15H22ClN3O/c1-3-9-19-14-11(16)6-4-8-13(14)18-15(19)12(17)7-5-10-20-2/h4,6,8,12H,3,5,7,9-10,17H2,1-2H3. The maximum Gasteiger partial charge on any atom is 0.126 e. The van der Waals surface area contributed by atoms with Crippen LogP contribution in [0.1, 0.15) is 38.1 Å². The zero-order chi connectivity index (χ0) is 14.5. The molecule has 0 bridgehead atoms. The molecule has 2 aromatic rings. The molecule has 0 saturated carbocycles. The number of nitrogens with zero attached hydrogens (tertiary/aromatic N) is 2. The number of aryl methyl sites for hydroxylation is 1. The van der Waals surface area contributed by atoms with E-state index in [2.05, 4.69) is 16.5 Å². The van der Waals surface area contributed by atoms with Gasteiger partial charge in [0.05, 0.1) is 22.1 Å². The van der Waals surface area contributed by atoms with Crippen LogP contribution in [0.5, 0.6) is 0 Å². The van der Waals surface area contributed by atoms with Crippen molar-refractivity contribution in [1.29, 1.82) is 0 Å².